The molecule has 3 nitrogen and oxygen atoms in total. The van der Waals surface area contributed by atoms with E-state index in [2.05, 4.69) is 5.10 Å². The van der Waals surface area contributed by atoms with Gasteiger partial charge in [-0.05, 0) is 13.8 Å². The van der Waals surface area contributed by atoms with E-state index in [1.54, 1.807) is 4.68 Å². The van der Waals surface area contributed by atoms with Gasteiger partial charge in [0.05, 0.1) is 11.3 Å². The Hall–Kier alpha value is -0.830. The minimum Gasteiger partial charge on any atom is -0.298 e. The lowest BCUT2D eigenvalue weighted by Gasteiger charge is -2.15. The quantitative estimate of drug-likeness (QED) is 0.729. The average Bonchev–Trinajstić information content (AvgIpc) is 2.41. The molecule has 15 heavy (non-hydrogen) atoms. The number of carbonyl (C=O) groups excluding carboxylic acids is 1. The highest BCUT2D eigenvalue weighted by atomic mass is 35.5. The Morgan fingerprint density at radius 3 is 2.20 bits per heavy atom. The van der Waals surface area contributed by atoms with Crippen LogP contribution in [-0.4, -0.2) is 16.1 Å². The normalized spacial score (nSPS) is 12.2. The smallest absolute Gasteiger partial charge is 0.155 e. The van der Waals surface area contributed by atoms with Crippen LogP contribution in [0.2, 0.25) is 5.15 Å². The first-order chi connectivity index (χ1) is 6.79. The zero-order valence-electron chi connectivity index (χ0n) is 9.84. The van der Waals surface area contributed by atoms with E-state index in [1.807, 2.05) is 34.6 Å². The molecule has 0 unspecified atom stereocenters. The predicted octanol–water partition coefficient (Wildman–Crippen LogP) is 3.23. The Kier molecular flexibility index (Phi) is 3.24. The van der Waals surface area contributed by atoms with Crippen LogP contribution in [0.1, 0.15) is 56.7 Å². The van der Waals surface area contributed by atoms with Gasteiger partial charge in [-0.15, -0.1) is 0 Å². The molecule has 84 valence electrons. The van der Waals surface area contributed by atoms with Crippen molar-refractivity contribution in [1.29, 1.82) is 0 Å². The van der Waals surface area contributed by atoms with Gasteiger partial charge in [-0.3, -0.25) is 9.48 Å². The third-order valence-electron chi connectivity index (χ3n) is 2.20. The van der Waals surface area contributed by atoms with Gasteiger partial charge in [0.25, 0.3) is 0 Å². The number of carbonyl (C=O) groups is 1. The molecule has 1 rings (SSSR count). The molecule has 0 saturated heterocycles. The van der Waals surface area contributed by atoms with Crippen molar-refractivity contribution < 1.29 is 4.79 Å². The lowest BCUT2D eigenvalue weighted by molar-refractivity contribution is 0.112. The molecule has 1 aromatic heterocycles. The molecule has 0 atom stereocenters. The minimum absolute atomic E-state index is 0.160. The Morgan fingerprint density at radius 2 is 1.93 bits per heavy atom. The van der Waals surface area contributed by atoms with Crippen LogP contribution in [0.25, 0.3) is 0 Å². The van der Waals surface area contributed by atoms with E-state index in [1.165, 1.54) is 0 Å². The fourth-order valence-electron chi connectivity index (χ4n) is 1.43. The Morgan fingerprint density at radius 1 is 1.40 bits per heavy atom. The highest BCUT2D eigenvalue weighted by Gasteiger charge is 2.26. The van der Waals surface area contributed by atoms with Crippen LogP contribution in [0.4, 0.5) is 0 Å². The zero-order valence-corrected chi connectivity index (χ0v) is 10.6. The first-order valence-corrected chi connectivity index (χ1v) is 5.40. The van der Waals surface area contributed by atoms with Crippen LogP contribution in [0, 0.1) is 0 Å². The predicted molar refractivity (Wildman–Crippen MR) is 61.7 cm³/mol. The van der Waals surface area contributed by atoms with Crippen LogP contribution >= 0.6 is 11.6 Å². The molecule has 0 N–H and O–H groups in total. The van der Waals surface area contributed by atoms with Crippen molar-refractivity contribution in [3.05, 3.63) is 16.4 Å². The van der Waals surface area contributed by atoms with Crippen molar-refractivity contribution in [2.24, 2.45) is 0 Å². The van der Waals surface area contributed by atoms with Gasteiger partial charge in [-0.25, -0.2) is 0 Å². The molecular weight excluding hydrogens is 212 g/mol. The summed E-state index contributed by atoms with van der Waals surface area (Å²) in [6.45, 7) is 10.0. The molecule has 1 aromatic rings. The largest absolute Gasteiger partial charge is 0.298 e. The summed E-state index contributed by atoms with van der Waals surface area (Å²) >= 11 is 6.10. The SMILES string of the molecule is CC(C)n1nc(C(C)(C)C)c(C=O)c1Cl. The molecule has 0 aromatic carbocycles. The lowest BCUT2D eigenvalue weighted by Crippen LogP contribution is -2.15. The van der Waals surface area contributed by atoms with E-state index in [9.17, 15) is 4.79 Å². The minimum atomic E-state index is -0.167. The summed E-state index contributed by atoms with van der Waals surface area (Å²) in [5.41, 5.74) is 1.11. The van der Waals surface area contributed by atoms with Crippen LogP contribution < -0.4 is 0 Å². The van der Waals surface area contributed by atoms with Gasteiger partial charge in [-0.2, -0.15) is 5.10 Å². The van der Waals surface area contributed by atoms with Crippen LogP contribution in [0.3, 0.4) is 0 Å². The van der Waals surface area contributed by atoms with Crippen molar-refractivity contribution in [2.45, 2.75) is 46.1 Å². The molecule has 0 fully saturated rings. The van der Waals surface area contributed by atoms with E-state index < -0.39 is 0 Å². The molecule has 0 aliphatic carbocycles. The van der Waals surface area contributed by atoms with Gasteiger partial charge in [0.2, 0.25) is 0 Å². The molecule has 0 saturated carbocycles. The summed E-state index contributed by atoms with van der Waals surface area (Å²) in [4.78, 5) is 11.0. The molecular formula is C11H17ClN2O. The van der Waals surface area contributed by atoms with Gasteiger partial charge in [0.1, 0.15) is 5.15 Å². The van der Waals surface area contributed by atoms with Gasteiger partial charge >= 0.3 is 0 Å². The standard InChI is InChI=1S/C11H17ClN2O/c1-7(2)14-10(12)8(6-15)9(13-14)11(3,4)5/h6-7H,1-5H3. The summed E-state index contributed by atoms with van der Waals surface area (Å²) in [5, 5.41) is 4.84. The fraction of sp³-hybridized carbons (Fsp3) is 0.636. The average molecular weight is 229 g/mol. The zero-order chi connectivity index (χ0) is 11.8. The molecule has 0 aliphatic rings. The van der Waals surface area contributed by atoms with E-state index in [-0.39, 0.29) is 11.5 Å². The topological polar surface area (TPSA) is 34.9 Å². The number of hydrogen-bond acceptors (Lipinski definition) is 2. The number of nitrogens with zero attached hydrogens (tertiary/aromatic N) is 2. The number of aromatic nitrogens is 2. The molecule has 0 radical (unpaired) electrons. The van der Waals surface area contributed by atoms with E-state index >= 15 is 0 Å². The molecule has 4 heteroatoms. The van der Waals surface area contributed by atoms with Gasteiger partial charge in [-0.1, -0.05) is 32.4 Å². The maximum Gasteiger partial charge on any atom is 0.155 e. The van der Waals surface area contributed by atoms with Crippen molar-refractivity contribution >= 4 is 17.9 Å². The first-order valence-electron chi connectivity index (χ1n) is 5.02. The first kappa shape index (κ1) is 12.2. The van der Waals surface area contributed by atoms with Gasteiger partial charge in [0.15, 0.2) is 6.29 Å². The van der Waals surface area contributed by atoms with E-state index in [4.69, 9.17) is 11.6 Å². The maximum absolute atomic E-state index is 11.0. The molecule has 0 aliphatic heterocycles. The number of aldehydes is 1. The van der Waals surface area contributed by atoms with E-state index in [0.717, 1.165) is 12.0 Å². The summed E-state index contributed by atoms with van der Waals surface area (Å²) in [5.74, 6) is 0. The second kappa shape index (κ2) is 3.97. The number of hydrogen-bond donors (Lipinski definition) is 0. The van der Waals surface area contributed by atoms with Crippen LogP contribution in [-0.2, 0) is 5.41 Å². The second-order valence-electron chi connectivity index (χ2n) is 4.96. The lowest BCUT2D eigenvalue weighted by atomic mass is 9.90. The van der Waals surface area contributed by atoms with Crippen molar-refractivity contribution in [3.8, 4) is 0 Å². The summed E-state index contributed by atoms with van der Waals surface area (Å²) in [6.07, 6.45) is 0.787. The van der Waals surface area contributed by atoms with Crippen molar-refractivity contribution in [1.82, 2.24) is 9.78 Å². The van der Waals surface area contributed by atoms with Gasteiger partial charge in [0, 0.05) is 11.5 Å². The van der Waals surface area contributed by atoms with E-state index in [0.29, 0.717) is 10.7 Å². The summed E-state index contributed by atoms with van der Waals surface area (Å²) < 4.78 is 1.69. The Bertz CT molecular complexity index is 375. The van der Waals surface area contributed by atoms with Crippen LogP contribution in [0.15, 0.2) is 0 Å². The fourth-order valence-corrected chi connectivity index (χ4v) is 1.79. The summed E-state index contributed by atoms with van der Waals surface area (Å²) in [6, 6.07) is 0.160. The molecule has 0 amide bonds. The molecule has 0 spiro atoms. The van der Waals surface area contributed by atoms with Crippen molar-refractivity contribution in [2.75, 3.05) is 0 Å². The second-order valence-corrected chi connectivity index (χ2v) is 5.32. The highest BCUT2D eigenvalue weighted by Crippen LogP contribution is 2.30. The molecule has 0 bridgehead atoms. The third kappa shape index (κ3) is 2.23. The third-order valence-corrected chi connectivity index (χ3v) is 2.58. The Labute approximate surface area is 95.4 Å². The number of halogens is 1. The monoisotopic (exact) mass is 228 g/mol. The molecule has 1 heterocycles. The summed E-state index contributed by atoms with van der Waals surface area (Å²) in [7, 11) is 0. The maximum atomic E-state index is 11.0. The van der Waals surface area contributed by atoms with Gasteiger partial charge < -0.3 is 0 Å². The Balaban J connectivity index is 3.41. The van der Waals surface area contributed by atoms with Crippen molar-refractivity contribution in [3.63, 3.8) is 0 Å². The van der Waals surface area contributed by atoms with Crippen LogP contribution in [0.5, 0.6) is 0 Å². The highest BCUT2D eigenvalue weighted by molar-refractivity contribution is 6.32. The number of rotatable bonds is 2.